The first-order chi connectivity index (χ1) is 9.72. The van der Waals surface area contributed by atoms with Crippen LogP contribution >= 0.6 is 11.3 Å². The number of aromatic nitrogens is 2. The molecule has 0 atom stereocenters. The largest absolute Gasteiger partial charge is 0.497 e. The van der Waals surface area contributed by atoms with Crippen LogP contribution in [-0.2, 0) is 0 Å². The lowest BCUT2D eigenvalue weighted by Gasteiger charge is -2.06. The molecule has 2 aromatic heterocycles. The number of nitriles is 1. The van der Waals surface area contributed by atoms with E-state index in [-0.39, 0.29) is 0 Å². The maximum Gasteiger partial charge on any atom is 0.195 e. The molecule has 0 spiro atoms. The molecule has 20 heavy (non-hydrogen) atoms. The molecule has 0 radical (unpaired) electrons. The highest BCUT2D eigenvalue weighted by Crippen LogP contribution is 2.35. The zero-order chi connectivity index (χ0) is 14.1. The molecule has 0 bridgehead atoms. The quantitative estimate of drug-likeness (QED) is 0.720. The van der Waals surface area contributed by atoms with Crippen molar-refractivity contribution in [2.45, 2.75) is 6.92 Å². The molecule has 0 unspecified atom stereocenters. The van der Waals surface area contributed by atoms with Gasteiger partial charge in [0.25, 0.3) is 0 Å². The van der Waals surface area contributed by atoms with Gasteiger partial charge in [-0.25, -0.2) is 4.98 Å². The van der Waals surface area contributed by atoms with E-state index in [1.54, 1.807) is 13.3 Å². The lowest BCUT2D eigenvalue weighted by molar-refractivity contribution is 0.415. The summed E-state index contributed by atoms with van der Waals surface area (Å²) < 4.78 is 5.28. The van der Waals surface area contributed by atoms with E-state index in [1.165, 1.54) is 11.3 Å². The molecule has 98 valence electrons. The third kappa shape index (κ3) is 2.00. The van der Waals surface area contributed by atoms with Crippen LogP contribution in [0.25, 0.3) is 21.3 Å². The number of pyridine rings is 1. The van der Waals surface area contributed by atoms with Gasteiger partial charge in [-0.3, -0.25) is 4.98 Å². The summed E-state index contributed by atoms with van der Waals surface area (Å²) in [4.78, 5) is 9.63. The molecule has 0 saturated heterocycles. The van der Waals surface area contributed by atoms with Gasteiger partial charge in [0, 0.05) is 17.1 Å². The minimum Gasteiger partial charge on any atom is -0.497 e. The third-order valence-corrected chi connectivity index (χ3v) is 4.18. The van der Waals surface area contributed by atoms with Crippen molar-refractivity contribution in [2.75, 3.05) is 7.11 Å². The maximum atomic E-state index is 8.98. The maximum absolute atomic E-state index is 8.98. The Balaban J connectivity index is 2.30. The van der Waals surface area contributed by atoms with E-state index in [0.29, 0.717) is 5.01 Å². The average Bonchev–Trinajstić information content (AvgIpc) is 2.87. The van der Waals surface area contributed by atoms with Gasteiger partial charge in [-0.15, -0.1) is 11.3 Å². The lowest BCUT2D eigenvalue weighted by atomic mass is 10.1. The van der Waals surface area contributed by atoms with Gasteiger partial charge in [0.05, 0.1) is 23.2 Å². The highest BCUT2D eigenvalue weighted by Gasteiger charge is 2.13. The second-order valence-electron chi connectivity index (χ2n) is 4.29. The van der Waals surface area contributed by atoms with Crippen LogP contribution in [0.2, 0.25) is 0 Å². The van der Waals surface area contributed by atoms with Crippen molar-refractivity contribution in [1.82, 2.24) is 9.97 Å². The van der Waals surface area contributed by atoms with Crippen LogP contribution in [0.15, 0.2) is 30.5 Å². The van der Waals surface area contributed by atoms with E-state index < -0.39 is 0 Å². The van der Waals surface area contributed by atoms with Crippen LogP contribution < -0.4 is 4.74 Å². The number of hydrogen-bond donors (Lipinski definition) is 0. The summed E-state index contributed by atoms with van der Waals surface area (Å²) in [6.45, 7) is 1.92. The Morgan fingerprint density at radius 1 is 1.30 bits per heavy atom. The number of rotatable bonds is 2. The second-order valence-corrected chi connectivity index (χ2v) is 5.29. The van der Waals surface area contributed by atoms with Gasteiger partial charge < -0.3 is 4.74 Å². The van der Waals surface area contributed by atoms with Gasteiger partial charge in [0.15, 0.2) is 5.01 Å². The van der Waals surface area contributed by atoms with Crippen molar-refractivity contribution in [3.8, 4) is 22.3 Å². The van der Waals surface area contributed by atoms with Crippen molar-refractivity contribution >= 4 is 22.2 Å². The van der Waals surface area contributed by atoms with Crippen molar-refractivity contribution < 1.29 is 4.74 Å². The Labute approximate surface area is 120 Å². The van der Waals surface area contributed by atoms with Crippen molar-refractivity contribution in [3.05, 3.63) is 41.2 Å². The lowest BCUT2D eigenvalue weighted by Crippen LogP contribution is -1.87. The van der Waals surface area contributed by atoms with Crippen molar-refractivity contribution in [3.63, 3.8) is 0 Å². The van der Waals surface area contributed by atoms with E-state index in [4.69, 9.17) is 10.00 Å². The van der Waals surface area contributed by atoms with Crippen LogP contribution in [0, 0.1) is 18.3 Å². The summed E-state index contributed by atoms with van der Waals surface area (Å²) in [6.07, 6.45) is 1.77. The van der Waals surface area contributed by atoms with Gasteiger partial charge in [-0.05, 0) is 31.2 Å². The molecule has 0 aliphatic heterocycles. The number of aryl methyl sites for hydroxylation is 1. The Morgan fingerprint density at radius 2 is 2.15 bits per heavy atom. The topological polar surface area (TPSA) is 58.8 Å². The summed E-state index contributed by atoms with van der Waals surface area (Å²) in [7, 11) is 1.64. The molecule has 3 rings (SSSR count). The number of nitrogens with zero attached hydrogens (tertiary/aromatic N) is 3. The Bertz CT molecular complexity index is 833. The van der Waals surface area contributed by atoms with Crippen molar-refractivity contribution in [2.24, 2.45) is 0 Å². The molecule has 0 amide bonds. The number of ether oxygens (including phenoxy) is 1. The smallest absolute Gasteiger partial charge is 0.195 e. The monoisotopic (exact) mass is 281 g/mol. The predicted octanol–water partition coefficient (Wildman–Crippen LogP) is 3.55. The second kappa shape index (κ2) is 4.91. The molecule has 0 aliphatic carbocycles. The SMILES string of the molecule is COc1ccc2nccc(-c3sc(C#N)nc3C)c2c1. The molecule has 4 nitrogen and oxygen atoms in total. The fourth-order valence-electron chi connectivity index (χ4n) is 2.14. The number of fused-ring (bicyclic) bond motifs is 1. The first kappa shape index (κ1) is 12.6. The van der Waals surface area contributed by atoms with Crippen LogP contribution in [0.1, 0.15) is 10.7 Å². The summed E-state index contributed by atoms with van der Waals surface area (Å²) >= 11 is 1.40. The molecule has 5 heteroatoms. The average molecular weight is 281 g/mol. The van der Waals surface area contributed by atoms with E-state index in [9.17, 15) is 0 Å². The van der Waals surface area contributed by atoms with E-state index in [1.807, 2.05) is 31.2 Å². The van der Waals surface area contributed by atoms with Crippen LogP contribution in [0.4, 0.5) is 0 Å². The highest BCUT2D eigenvalue weighted by atomic mass is 32.1. The summed E-state index contributed by atoms with van der Waals surface area (Å²) in [5.41, 5.74) is 2.79. The summed E-state index contributed by atoms with van der Waals surface area (Å²) in [5, 5.41) is 10.5. The molecule has 0 fully saturated rings. The molecule has 3 aromatic rings. The molecule has 0 saturated carbocycles. The summed E-state index contributed by atoms with van der Waals surface area (Å²) in [6, 6.07) is 9.82. The standard InChI is InChI=1S/C15H11N3OS/c1-9-15(20-14(8-16)18-9)11-5-6-17-13-4-3-10(19-2)7-12(11)13/h3-7H,1-2H3. The number of benzene rings is 1. The summed E-state index contributed by atoms with van der Waals surface area (Å²) in [5.74, 6) is 0.787. The van der Waals surface area contributed by atoms with Gasteiger partial charge in [0.1, 0.15) is 11.8 Å². The van der Waals surface area contributed by atoms with Crippen molar-refractivity contribution in [1.29, 1.82) is 5.26 Å². The molecular weight excluding hydrogens is 270 g/mol. The molecule has 2 heterocycles. The zero-order valence-electron chi connectivity index (χ0n) is 11.0. The number of methoxy groups -OCH3 is 1. The van der Waals surface area contributed by atoms with E-state index >= 15 is 0 Å². The first-order valence-corrected chi connectivity index (χ1v) is 6.85. The number of thiazole rings is 1. The Kier molecular flexibility index (Phi) is 3.09. The third-order valence-electron chi connectivity index (χ3n) is 3.09. The minimum atomic E-state index is 0.477. The molecule has 0 aliphatic rings. The molecule has 1 aromatic carbocycles. The fraction of sp³-hybridized carbons (Fsp3) is 0.133. The Morgan fingerprint density at radius 3 is 2.85 bits per heavy atom. The molecular formula is C15H11N3OS. The van der Waals surface area contributed by atoms with E-state index in [2.05, 4.69) is 16.0 Å². The normalized spacial score (nSPS) is 10.4. The fourth-order valence-corrected chi connectivity index (χ4v) is 3.05. The van der Waals surface area contributed by atoms with Gasteiger partial charge >= 0.3 is 0 Å². The van der Waals surface area contributed by atoms with Gasteiger partial charge in [-0.2, -0.15) is 5.26 Å². The minimum absolute atomic E-state index is 0.477. The number of hydrogen-bond acceptors (Lipinski definition) is 5. The first-order valence-electron chi connectivity index (χ1n) is 6.03. The highest BCUT2D eigenvalue weighted by molar-refractivity contribution is 7.15. The van der Waals surface area contributed by atoms with Crippen LogP contribution in [0.5, 0.6) is 5.75 Å². The van der Waals surface area contributed by atoms with Gasteiger partial charge in [0.2, 0.25) is 0 Å². The van der Waals surface area contributed by atoms with Crippen LogP contribution in [0.3, 0.4) is 0 Å². The molecule has 0 N–H and O–H groups in total. The van der Waals surface area contributed by atoms with E-state index in [0.717, 1.165) is 32.8 Å². The predicted molar refractivity (Wildman–Crippen MR) is 78.9 cm³/mol. The van der Waals surface area contributed by atoms with Gasteiger partial charge in [-0.1, -0.05) is 0 Å². The van der Waals surface area contributed by atoms with Crippen LogP contribution in [-0.4, -0.2) is 17.1 Å². The Hall–Kier alpha value is -2.45. The zero-order valence-corrected chi connectivity index (χ0v) is 11.9.